The van der Waals surface area contributed by atoms with Crippen LogP contribution in [0.25, 0.3) is 0 Å². The first kappa shape index (κ1) is 14.6. The number of nitro groups is 1. The summed E-state index contributed by atoms with van der Waals surface area (Å²) in [7, 11) is 1.34. The van der Waals surface area contributed by atoms with Crippen LogP contribution in [0.2, 0.25) is 0 Å². The second kappa shape index (κ2) is 6.48. The zero-order valence-electron chi connectivity index (χ0n) is 10.5. The molecule has 0 fully saturated rings. The van der Waals surface area contributed by atoms with Crippen molar-refractivity contribution in [3.63, 3.8) is 0 Å². The highest BCUT2D eigenvalue weighted by Gasteiger charge is 2.19. The lowest BCUT2D eigenvalue weighted by Crippen LogP contribution is -2.10. The first-order valence-corrected chi connectivity index (χ1v) is 5.49. The predicted molar refractivity (Wildman–Crippen MR) is 65.8 cm³/mol. The molecular formula is C12H13NO6. The number of benzene rings is 1. The molecule has 19 heavy (non-hydrogen) atoms. The number of aldehydes is 1. The van der Waals surface area contributed by atoms with E-state index < -0.39 is 10.6 Å². The molecule has 0 atom stereocenters. The minimum Gasteiger partial charge on any atom is -0.493 e. The second-order valence-corrected chi connectivity index (χ2v) is 3.62. The lowest BCUT2D eigenvalue weighted by Gasteiger charge is -2.10. The Morgan fingerprint density at radius 3 is 2.58 bits per heavy atom. The van der Waals surface area contributed by atoms with E-state index >= 15 is 0 Å². The third-order valence-corrected chi connectivity index (χ3v) is 2.42. The van der Waals surface area contributed by atoms with Crippen LogP contribution in [0.3, 0.4) is 0 Å². The maximum Gasteiger partial charge on any atom is 0.283 e. The van der Waals surface area contributed by atoms with Gasteiger partial charge in [-0.05, 0) is 0 Å². The Morgan fingerprint density at radius 2 is 2.11 bits per heavy atom. The molecule has 0 aromatic heterocycles. The summed E-state index contributed by atoms with van der Waals surface area (Å²) in [6.07, 6.45) is 0.665. The van der Waals surface area contributed by atoms with E-state index in [2.05, 4.69) is 0 Å². The van der Waals surface area contributed by atoms with Crippen LogP contribution in [0, 0.1) is 10.1 Å². The quantitative estimate of drug-likeness (QED) is 0.424. The summed E-state index contributed by atoms with van der Waals surface area (Å²) in [6, 6.07) is 2.28. The van der Waals surface area contributed by atoms with E-state index in [4.69, 9.17) is 9.47 Å². The van der Waals surface area contributed by atoms with Crippen LogP contribution >= 0.6 is 0 Å². The van der Waals surface area contributed by atoms with Gasteiger partial charge in [-0.3, -0.25) is 19.7 Å². The van der Waals surface area contributed by atoms with Gasteiger partial charge in [0.1, 0.15) is 6.61 Å². The third-order valence-electron chi connectivity index (χ3n) is 2.42. The van der Waals surface area contributed by atoms with Crippen molar-refractivity contribution in [3.05, 3.63) is 27.8 Å². The molecular weight excluding hydrogens is 254 g/mol. The molecule has 0 heterocycles. The number of hydrogen-bond acceptors (Lipinski definition) is 6. The van der Waals surface area contributed by atoms with Crippen molar-refractivity contribution in [3.8, 4) is 11.5 Å². The van der Waals surface area contributed by atoms with E-state index in [0.29, 0.717) is 12.7 Å². The fraction of sp³-hybridized carbons (Fsp3) is 0.333. The second-order valence-electron chi connectivity index (χ2n) is 3.62. The number of nitro benzene ring substituents is 1. The van der Waals surface area contributed by atoms with Crippen molar-refractivity contribution in [1.29, 1.82) is 0 Å². The first-order valence-electron chi connectivity index (χ1n) is 5.49. The summed E-state index contributed by atoms with van der Waals surface area (Å²) in [6.45, 7) is 1.48. The summed E-state index contributed by atoms with van der Waals surface area (Å²) in [4.78, 5) is 32.1. The van der Waals surface area contributed by atoms with Crippen LogP contribution in [-0.2, 0) is 4.79 Å². The van der Waals surface area contributed by atoms with Crippen molar-refractivity contribution in [1.82, 2.24) is 0 Å². The molecule has 0 aliphatic rings. The van der Waals surface area contributed by atoms with Crippen LogP contribution in [0.1, 0.15) is 23.7 Å². The average molecular weight is 267 g/mol. The Kier molecular flexibility index (Phi) is 4.99. The van der Waals surface area contributed by atoms with E-state index in [1.807, 2.05) is 0 Å². The van der Waals surface area contributed by atoms with Gasteiger partial charge in [-0.15, -0.1) is 0 Å². The van der Waals surface area contributed by atoms with Gasteiger partial charge < -0.3 is 9.47 Å². The fourth-order valence-electron chi connectivity index (χ4n) is 1.35. The lowest BCUT2D eigenvalue weighted by molar-refractivity contribution is -0.385. The van der Waals surface area contributed by atoms with E-state index in [1.165, 1.54) is 13.2 Å². The van der Waals surface area contributed by atoms with Crippen molar-refractivity contribution in [2.45, 2.75) is 13.3 Å². The van der Waals surface area contributed by atoms with Crippen molar-refractivity contribution < 1.29 is 24.0 Å². The molecule has 0 bridgehead atoms. The Balaban J connectivity index is 3.14. The molecule has 0 spiro atoms. The Hall–Kier alpha value is -2.44. The summed E-state index contributed by atoms with van der Waals surface area (Å²) < 4.78 is 10.1. The smallest absolute Gasteiger partial charge is 0.283 e. The third kappa shape index (κ3) is 3.51. The van der Waals surface area contributed by atoms with Gasteiger partial charge in [-0.2, -0.15) is 0 Å². The van der Waals surface area contributed by atoms with Crippen LogP contribution in [0.5, 0.6) is 11.5 Å². The molecule has 0 amide bonds. The Bertz CT molecular complexity index is 511. The normalized spacial score (nSPS) is 9.79. The molecule has 1 aromatic rings. The fourth-order valence-corrected chi connectivity index (χ4v) is 1.35. The molecule has 102 valence electrons. The van der Waals surface area contributed by atoms with E-state index in [9.17, 15) is 19.7 Å². The van der Waals surface area contributed by atoms with E-state index in [-0.39, 0.29) is 29.5 Å². The van der Waals surface area contributed by atoms with Gasteiger partial charge in [0.2, 0.25) is 0 Å². The Morgan fingerprint density at radius 1 is 1.42 bits per heavy atom. The summed E-state index contributed by atoms with van der Waals surface area (Å²) in [5.74, 6) is 0.0716. The monoisotopic (exact) mass is 267 g/mol. The molecule has 7 nitrogen and oxygen atoms in total. The summed E-state index contributed by atoms with van der Waals surface area (Å²) in [5, 5.41) is 10.8. The summed E-state index contributed by atoms with van der Waals surface area (Å²) >= 11 is 0. The maximum absolute atomic E-state index is 11.2. The molecule has 7 heteroatoms. The van der Waals surface area contributed by atoms with Gasteiger partial charge in [-0.1, -0.05) is 6.92 Å². The number of methoxy groups -OCH3 is 1. The van der Waals surface area contributed by atoms with Crippen LogP contribution in [0.15, 0.2) is 12.1 Å². The van der Waals surface area contributed by atoms with Crippen LogP contribution in [-0.4, -0.2) is 30.7 Å². The molecule has 0 N–H and O–H groups in total. The number of Topliss-reactive ketones (excluding diaryl/α,β-unsaturated/α-hetero) is 1. The molecule has 1 aromatic carbocycles. The molecule has 1 rings (SSSR count). The molecule has 0 saturated heterocycles. The van der Waals surface area contributed by atoms with Crippen molar-refractivity contribution >= 4 is 17.8 Å². The first-order chi connectivity index (χ1) is 9.03. The van der Waals surface area contributed by atoms with Gasteiger partial charge in [0.05, 0.1) is 23.7 Å². The van der Waals surface area contributed by atoms with Gasteiger partial charge in [-0.25, -0.2) is 0 Å². The van der Waals surface area contributed by atoms with Gasteiger partial charge in [0, 0.05) is 12.5 Å². The SMILES string of the molecule is CCC(=O)COc1cc([N+](=O)[O-])c(C=O)cc1OC. The minimum absolute atomic E-state index is 0.0570. The largest absolute Gasteiger partial charge is 0.493 e. The number of hydrogen-bond donors (Lipinski definition) is 0. The zero-order valence-corrected chi connectivity index (χ0v) is 10.5. The average Bonchev–Trinajstić information content (AvgIpc) is 2.43. The molecule has 0 unspecified atom stereocenters. The van der Waals surface area contributed by atoms with Gasteiger partial charge >= 0.3 is 0 Å². The summed E-state index contributed by atoms with van der Waals surface area (Å²) in [5.41, 5.74) is -0.509. The van der Waals surface area contributed by atoms with Crippen molar-refractivity contribution in [2.24, 2.45) is 0 Å². The maximum atomic E-state index is 11.2. The zero-order chi connectivity index (χ0) is 14.4. The van der Waals surface area contributed by atoms with Crippen LogP contribution in [0.4, 0.5) is 5.69 Å². The number of ether oxygens (including phenoxy) is 2. The number of carbonyl (C=O) groups excluding carboxylic acids is 2. The number of rotatable bonds is 7. The van der Waals surface area contributed by atoms with Gasteiger partial charge in [0.25, 0.3) is 5.69 Å². The molecule has 0 aliphatic heterocycles. The van der Waals surface area contributed by atoms with Crippen LogP contribution < -0.4 is 9.47 Å². The molecule has 0 radical (unpaired) electrons. The molecule has 0 saturated carbocycles. The van der Waals surface area contributed by atoms with Crippen molar-refractivity contribution in [2.75, 3.05) is 13.7 Å². The van der Waals surface area contributed by atoms with Gasteiger partial charge in [0.15, 0.2) is 23.6 Å². The predicted octanol–water partition coefficient (Wildman–Crippen LogP) is 1.77. The standard InChI is InChI=1S/C12H13NO6/c1-3-9(15)7-19-12-5-10(13(16)17)8(6-14)4-11(12)18-2/h4-6H,3,7H2,1-2H3. The Labute approximate surface area is 109 Å². The highest BCUT2D eigenvalue weighted by atomic mass is 16.6. The van der Waals surface area contributed by atoms with E-state index in [1.54, 1.807) is 6.92 Å². The molecule has 0 aliphatic carbocycles. The van der Waals surface area contributed by atoms with E-state index in [0.717, 1.165) is 6.07 Å². The number of nitrogens with zero attached hydrogens (tertiary/aromatic N) is 1. The lowest BCUT2D eigenvalue weighted by atomic mass is 10.1. The topological polar surface area (TPSA) is 95.7 Å². The minimum atomic E-state index is -0.697. The highest BCUT2D eigenvalue weighted by Crippen LogP contribution is 2.33. The highest BCUT2D eigenvalue weighted by molar-refractivity contribution is 5.83. The number of carbonyl (C=O) groups is 2. The number of ketones is 1.